The first-order chi connectivity index (χ1) is 16.5. The van der Waals surface area contributed by atoms with E-state index in [2.05, 4.69) is 30.8 Å². The van der Waals surface area contributed by atoms with E-state index < -0.39 is 20.9 Å². The van der Waals surface area contributed by atoms with Gasteiger partial charge in [-0.2, -0.15) is 0 Å². The Morgan fingerprint density at radius 1 is 1.11 bits per heavy atom. The van der Waals surface area contributed by atoms with Gasteiger partial charge in [-0.05, 0) is 92.1 Å². The van der Waals surface area contributed by atoms with Gasteiger partial charge in [0.25, 0.3) is 5.03 Å². The molecule has 1 N–H and O–H groups in total. The standard InChI is InChI=1S/C29H35NO4S/c1-19-6-9-22(10-7-19)35(32,33)26(30-4)25-13-12-23-24-11-8-20-18-21(34-5)14-15-28(20,3)29(24,31)17-16-27(23,25)2/h6-10,18,23-24,31H,11-17H2,1-3,5H3/b26-25-/t23-,24-,27-,28-,29+/m0/s1. The highest BCUT2D eigenvalue weighted by atomic mass is 32.2. The lowest BCUT2D eigenvalue weighted by Gasteiger charge is -2.61. The average Bonchev–Trinajstić information content (AvgIpc) is 3.17. The number of rotatable bonds is 3. The monoisotopic (exact) mass is 493 g/mol. The van der Waals surface area contributed by atoms with Gasteiger partial charge < -0.3 is 9.84 Å². The summed E-state index contributed by atoms with van der Waals surface area (Å²) < 4.78 is 32.7. The minimum absolute atomic E-state index is 0.0408. The molecule has 0 amide bonds. The van der Waals surface area contributed by atoms with E-state index in [0.717, 1.165) is 42.6 Å². The highest BCUT2D eigenvalue weighted by Crippen LogP contribution is 2.68. The number of aliphatic hydroxyl groups is 1. The zero-order chi connectivity index (χ0) is 25.2. The van der Waals surface area contributed by atoms with Gasteiger partial charge in [-0.1, -0.05) is 37.6 Å². The Morgan fingerprint density at radius 2 is 1.83 bits per heavy atom. The van der Waals surface area contributed by atoms with E-state index in [-0.39, 0.29) is 27.2 Å². The maximum Gasteiger partial charge on any atom is 0.282 e. The normalized spacial score (nSPS) is 37.7. The third-order valence-corrected chi connectivity index (χ3v) is 11.7. The number of fused-ring (bicyclic) bond motifs is 5. The number of aryl methyl sites for hydroxylation is 1. The van der Waals surface area contributed by atoms with Crippen LogP contribution in [0.3, 0.4) is 0 Å². The number of nitrogens with zero attached hydrogens (tertiary/aromatic N) is 1. The van der Waals surface area contributed by atoms with Crippen LogP contribution < -0.4 is 0 Å². The number of ether oxygens (including phenoxy) is 1. The van der Waals surface area contributed by atoms with E-state index in [1.807, 2.05) is 6.92 Å². The molecule has 35 heavy (non-hydrogen) atoms. The quantitative estimate of drug-likeness (QED) is 0.515. The molecule has 2 fully saturated rings. The molecule has 186 valence electrons. The Hall–Kier alpha value is -2.36. The molecule has 5 atom stereocenters. The topological polar surface area (TPSA) is 68.0 Å². The van der Waals surface area contributed by atoms with E-state index in [9.17, 15) is 13.5 Å². The van der Waals surface area contributed by atoms with Gasteiger partial charge >= 0.3 is 0 Å². The molecule has 2 saturated carbocycles. The molecule has 4 aliphatic carbocycles. The van der Waals surface area contributed by atoms with Crippen LogP contribution in [-0.4, -0.2) is 26.2 Å². The molecule has 0 aromatic heterocycles. The Labute approximate surface area is 209 Å². The Kier molecular flexibility index (Phi) is 5.62. The summed E-state index contributed by atoms with van der Waals surface area (Å²) >= 11 is 0. The summed E-state index contributed by atoms with van der Waals surface area (Å²) in [4.78, 5) is 3.82. The molecule has 6 heteroatoms. The van der Waals surface area contributed by atoms with Gasteiger partial charge in [-0.25, -0.2) is 13.3 Å². The van der Waals surface area contributed by atoms with Gasteiger partial charge in [-0.3, -0.25) is 0 Å². The van der Waals surface area contributed by atoms with Crippen molar-refractivity contribution in [2.45, 2.75) is 76.2 Å². The SMILES string of the molecule is [C-]#[N+]/C(=C1\CC[C@H]2[C@@H]3CC=C4C=C(OC)CC[C@]4(C)[C@@]3(O)CC[C@]12C)S(=O)(=O)c1ccc(C)cc1. The van der Waals surface area contributed by atoms with Crippen molar-refractivity contribution in [3.05, 3.63) is 75.3 Å². The Bertz CT molecular complexity index is 1300. The summed E-state index contributed by atoms with van der Waals surface area (Å²) in [5.41, 5.74) is 1.32. The number of methoxy groups -OCH3 is 1. The predicted molar refractivity (Wildman–Crippen MR) is 136 cm³/mol. The average molecular weight is 494 g/mol. The summed E-state index contributed by atoms with van der Waals surface area (Å²) in [6, 6.07) is 6.76. The summed E-state index contributed by atoms with van der Waals surface area (Å²) in [6.45, 7) is 14.1. The van der Waals surface area contributed by atoms with E-state index in [4.69, 9.17) is 11.3 Å². The zero-order valence-electron chi connectivity index (χ0n) is 21.1. The maximum absolute atomic E-state index is 13.6. The summed E-state index contributed by atoms with van der Waals surface area (Å²) in [7, 11) is -2.19. The van der Waals surface area contributed by atoms with Crippen LogP contribution in [0.4, 0.5) is 0 Å². The molecule has 1 aromatic rings. The van der Waals surface area contributed by atoms with Crippen LogP contribution in [-0.2, 0) is 14.6 Å². The summed E-state index contributed by atoms with van der Waals surface area (Å²) in [5, 5.41) is 12.2. The van der Waals surface area contributed by atoms with Gasteiger partial charge in [0.05, 0.1) is 29.9 Å². The second-order valence-electron chi connectivity index (χ2n) is 11.3. The van der Waals surface area contributed by atoms with Crippen molar-refractivity contribution >= 4 is 9.84 Å². The predicted octanol–water partition coefficient (Wildman–Crippen LogP) is 6.12. The fourth-order valence-corrected chi connectivity index (χ4v) is 9.18. The molecule has 0 unspecified atom stereocenters. The number of sulfone groups is 1. The van der Waals surface area contributed by atoms with Crippen LogP contribution >= 0.6 is 0 Å². The maximum atomic E-state index is 13.6. The van der Waals surface area contributed by atoms with Gasteiger partial charge in [0.1, 0.15) is 0 Å². The minimum atomic E-state index is -3.90. The smallest absolute Gasteiger partial charge is 0.282 e. The Morgan fingerprint density at radius 3 is 2.49 bits per heavy atom. The van der Waals surface area contributed by atoms with Crippen LogP contribution in [0.1, 0.15) is 64.4 Å². The largest absolute Gasteiger partial charge is 0.501 e. The van der Waals surface area contributed by atoms with Gasteiger partial charge in [0.15, 0.2) is 0 Å². The number of benzene rings is 1. The number of hydrogen-bond donors (Lipinski definition) is 1. The van der Waals surface area contributed by atoms with Crippen molar-refractivity contribution in [3.63, 3.8) is 0 Å². The molecular formula is C29H35NO4S. The molecule has 0 radical (unpaired) electrons. The molecule has 5 nitrogen and oxygen atoms in total. The first-order valence-corrected chi connectivity index (χ1v) is 14.1. The van der Waals surface area contributed by atoms with E-state index in [1.54, 1.807) is 31.4 Å². The third kappa shape index (κ3) is 3.31. The number of hydrogen-bond acceptors (Lipinski definition) is 4. The molecule has 0 bridgehead atoms. The van der Waals surface area contributed by atoms with E-state index in [1.165, 1.54) is 5.57 Å². The zero-order valence-corrected chi connectivity index (χ0v) is 21.9. The van der Waals surface area contributed by atoms with Crippen LogP contribution in [0.5, 0.6) is 0 Å². The van der Waals surface area contributed by atoms with Gasteiger partial charge in [-0.15, -0.1) is 0 Å². The van der Waals surface area contributed by atoms with Crippen molar-refractivity contribution in [2.75, 3.05) is 7.11 Å². The van der Waals surface area contributed by atoms with Gasteiger partial charge in [0, 0.05) is 11.8 Å². The van der Waals surface area contributed by atoms with Crippen LogP contribution in [0.2, 0.25) is 0 Å². The van der Waals surface area contributed by atoms with Crippen molar-refractivity contribution in [3.8, 4) is 0 Å². The van der Waals surface area contributed by atoms with Crippen molar-refractivity contribution in [2.24, 2.45) is 22.7 Å². The highest BCUT2D eigenvalue weighted by molar-refractivity contribution is 7.95. The van der Waals surface area contributed by atoms with Gasteiger partial charge in [0.2, 0.25) is 9.84 Å². The molecular weight excluding hydrogens is 458 g/mol. The van der Waals surface area contributed by atoms with Crippen LogP contribution in [0, 0.1) is 36.2 Å². The molecule has 0 heterocycles. The molecule has 0 spiro atoms. The lowest BCUT2D eigenvalue weighted by Crippen LogP contribution is -2.61. The van der Waals surface area contributed by atoms with Crippen LogP contribution in [0.15, 0.2) is 63.2 Å². The second kappa shape index (κ2) is 8.08. The molecule has 1 aromatic carbocycles. The van der Waals surface area contributed by atoms with Crippen molar-refractivity contribution < 1.29 is 18.3 Å². The summed E-state index contributed by atoms with van der Waals surface area (Å²) in [5.74, 6) is 1.15. The fraction of sp³-hybridized carbons (Fsp3) is 0.552. The molecule has 0 aliphatic heterocycles. The minimum Gasteiger partial charge on any atom is -0.501 e. The third-order valence-electron chi connectivity index (χ3n) is 9.92. The molecule has 5 rings (SSSR count). The number of allylic oxidation sites excluding steroid dienone is 4. The Balaban J connectivity index is 1.57. The van der Waals surface area contributed by atoms with Crippen molar-refractivity contribution in [1.29, 1.82) is 0 Å². The summed E-state index contributed by atoms with van der Waals surface area (Å²) in [6.07, 6.45) is 9.48. The lowest BCUT2D eigenvalue weighted by atomic mass is 9.46. The molecule has 0 saturated heterocycles. The first kappa shape index (κ1) is 24.3. The fourth-order valence-electron chi connectivity index (χ4n) is 7.68. The molecule has 4 aliphatic rings. The van der Waals surface area contributed by atoms with E-state index in [0.29, 0.717) is 19.3 Å². The van der Waals surface area contributed by atoms with E-state index >= 15 is 0 Å². The first-order valence-electron chi connectivity index (χ1n) is 12.6. The highest BCUT2D eigenvalue weighted by Gasteiger charge is 2.64. The lowest BCUT2D eigenvalue weighted by molar-refractivity contribution is -0.172. The second-order valence-corrected chi connectivity index (χ2v) is 13.2. The van der Waals surface area contributed by atoms with Crippen molar-refractivity contribution in [1.82, 2.24) is 0 Å². The van der Waals surface area contributed by atoms with Crippen LogP contribution in [0.25, 0.3) is 4.85 Å².